The molecule has 7 nitrogen and oxygen atoms in total. The standard InChI is InChI=1S/C17H19N3O4S/c21-25(22,14-5-6-15-16(10-14)24-12-23-15)19-17-7-4-13(11-18-17)20-8-2-1-3-9-20/h4-7,10-11H,1-3,8-9,12H2,(H,18,19). The van der Waals surface area contributed by atoms with E-state index in [0.717, 1.165) is 18.8 Å². The van der Waals surface area contributed by atoms with Crippen LogP contribution < -0.4 is 19.1 Å². The van der Waals surface area contributed by atoms with E-state index >= 15 is 0 Å². The number of rotatable bonds is 4. The molecule has 132 valence electrons. The summed E-state index contributed by atoms with van der Waals surface area (Å²) >= 11 is 0. The van der Waals surface area contributed by atoms with E-state index in [1.807, 2.05) is 6.07 Å². The lowest BCUT2D eigenvalue weighted by molar-refractivity contribution is 0.174. The van der Waals surface area contributed by atoms with E-state index in [0.29, 0.717) is 17.3 Å². The van der Waals surface area contributed by atoms with Gasteiger partial charge in [0.25, 0.3) is 10.0 Å². The van der Waals surface area contributed by atoms with Gasteiger partial charge in [0.15, 0.2) is 11.5 Å². The van der Waals surface area contributed by atoms with Crippen molar-refractivity contribution in [2.75, 3.05) is 29.5 Å². The molecule has 2 aromatic rings. The Morgan fingerprint density at radius 1 is 1.00 bits per heavy atom. The van der Waals surface area contributed by atoms with Gasteiger partial charge in [-0.1, -0.05) is 0 Å². The zero-order chi connectivity index (χ0) is 17.3. The molecule has 0 unspecified atom stereocenters. The smallest absolute Gasteiger partial charge is 0.263 e. The Bertz CT molecular complexity index is 862. The molecular formula is C17H19N3O4S. The molecule has 1 N–H and O–H groups in total. The molecule has 2 aliphatic rings. The van der Waals surface area contributed by atoms with Gasteiger partial charge >= 0.3 is 0 Å². The van der Waals surface area contributed by atoms with Gasteiger partial charge in [-0.05, 0) is 43.5 Å². The van der Waals surface area contributed by atoms with Crippen molar-refractivity contribution in [2.24, 2.45) is 0 Å². The van der Waals surface area contributed by atoms with E-state index < -0.39 is 10.0 Å². The SMILES string of the molecule is O=S(=O)(Nc1ccc(N2CCCCC2)cn1)c1ccc2c(c1)OCO2. The van der Waals surface area contributed by atoms with Crippen LogP contribution in [0, 0.1) is 0 Å². The van der Waals surface area contributed by atoms with Gasteiger partial charge in [-0.25, -0.2) is 13.4 Å². The normalized spacial score (nSPS) is 16.7. The molecule has 4 rings (SSSR count). The molecule has 25 heavy (non-hydrogen) atoms. The first-order chi connectivity index (χ1) is 12.1. The summed E-state index contributed by atoms with van der Waals surface area (Å²) in [5.74, 6) is 1.26. The van der Waals surface area contributed by atoms with Gasteiger partial charge in [0, 0.05) is 19.2 Å². The van der Waals surface area contributed by atoms with Crippen LogP contribution in [0.15, 0.2) is 41.4 Å². The number of ether oxygens (including phenoxy) is 2. The minimum absolute atomic E-state index is 0.103. The highest BCUT2D eigenvalue weighted by Crippen LogP contribution is 2.34. The molecule has 0 spiro atoms. The Hall–Kier alpha value is -2.48. The van der Waals surface area contributed by atoms with Crippen molar-refractivity contribution in [3.63, 3.8) is 0 Å². The van der Waals surface area contributed by atoms with Gasteiger partial charge in [0.1, 0.15) is 5.82 Å². The van der Waals surface area contributed by atoms with Gasteiger partial charge in [-0.3, -0.25) is 4.72 Å². The number of benzene rings is 1. The highest BCUT2D eigenvalue weighted by Gasteiger charge is 2.21. The summed E-state index contributed by atoms with van der Waals surface area (Å²) in [5, 5.41) is 0. The Kier molecular flexibility index (Phi) is 4.12. The minimum Gasteiger partial charge on any atom is -0.454 e. The van der Waals surface area contributed by atoms with E-state index in [2.05, 4.69) is 14.6 Å². The third-order valence-electron chi connectivity index (χ3n) is 4.36. The molecule has 3 heterocycles. The van der Waals surface area contributed by atoms with E-state index in [1.165, 1.54) is 31.4 Å². The Morgan fingerprint density at radius 3 is 2.56 bits per heavy atom. The monoisotopic (exact) mass is 361 g/mol. The van der Waals surface area contributed by atoms with Crippen LogP contribution >= 0.6 is 0 Å². The number of piperidine rings is 1. The van der Waals surface area contributed by atoms with E-state index in [9.17, 15) is 8.42 Å². The van der Waals surface area contributed by atoms with Crippen LogP contribution in [-0.4, -0.2) is 33.3 Å². The van der Waals surface area contributed by atoms with Crippen LogP contribution in [0.2, 0.25) is 0 Å². The quantitative estimate of drug-likeness (QED) is 0.902. The molecule has 1 aromatic carbocycles. The lowest BCUT2D eigenvalue weighted by Gasteiger charge is -2.28. The molecule has 0 amide bonds. The van der Waals surface area contributed by atoms with Crippen molar-refractivity contribution in [1.29, 1.82) is 0 Å². The zero-order valence-corrected chi connectivity index (χ0v) is 14.5. The minimum atomic E-state index is -3.73. The number of hydrogen-bond acceptors (Lipinski definition) is 6. The maximum Gasteiger partial charge on any atom is 0.263 e. The van der Waals surface area contributed by atoms with E-state index in [4.69, 9.17) is 9.47 Å². The van der Waals surface area contributed by atoms with Crippen LogP contribution in [-0.2, 0) is 10.0 Å². The number of anilines is 2. The molecule has 0 saturated carbocycles. The van der Waals surface area contributed by atoms with Crippen LogP contribution in [0.4, 0.5) is 11.5 Å². The van der Waals surface area contributed by atoms with Crippen molar-refractivity contribution >= 4 is 21.5 Å². The first-order valence-electron chi connectivity index (χ1n) is 8.25. The molecule has 2 aliphatic heterocycles. The number of hydrogen-bond donors (Lipinski definition) is 1. The highest BCUT2D eigenvalue weighted by atomic mass is 32.2. The lowest BCUT2D eigenvalue weighted by Crippen LogP contribution is -2.29. The van der Waals surface area contributed by atoms with Gasteiger partial charge < -0.3 is 14.4 Å². The molecular weight excluding hydrogens is 342 g/mol. The van der Waals surface area contributed by atoms with Gasteiger partial charge in [0.2, 0.25) is 6.79 Å². The first-order valence-corrected chi connectivity index (χ1v) is 9.74. The van der Waals surface area contributed by atoms with Crippen molar-refractivity contribution < 1.29 is 17.9 Å². The molecule has 8 heteroatoms. The first kappa shape index (κ1) is 16.0. The number of nitrogens with one attached hydrogen (secondary N) is 1. The number of sulfonamides is 1. The number of nitrogens with zero attached hydrogens (tertiary/aromatic N) is 2. The summed E-state index contributed by atoms with van der Waals surface area (Å²) in [6, 6.07) is 8.11. The molecule has 0 atom stereocenters. The number of pyridine rings is 1. The predicted molar refractivity (Wildman–Crippen MR) is 93.7 cm³/mol. The second kappa shape index (κ2) is 6.44. The second-order valence-electron chi connectivity index (χ2n) is 6.07. The summed E-state index contributed by atoms with van der Waals surface area (Å²) < 4.78 is 38.0. The van der Waals surface area contributed by atoms with Crippen LogP contribution in [0.1, 0.15) is 19.3 Å². The summed E-state index contributed by atoms with van der Waals surface area (Å²) in [5.41, 5.74) is 1.02. The van der Waals surface area contributed by atoms with Crippen molar-refractivity contribution in [3.8, 4) is 11.5 Å². The van der Waals surface area contributed by atoms with Gasteiger partial charge in [0.05, 0.1) is 16.8 Å². The van der Waals surface area contributed by atoms with E-state index in [1.54, 1.807) is 18.3 Å². The topological polar surface area (TPSA) is 80.8 Å². The van der Waals surface area contributed by atoms with Gasteiger partial charge in [-0.2, -0.15) is 0 Å². The lowest BCUT2D eigenvalue weighted by atomic mass is 10.1. The van der Waals surface area contributed by atoms with Crippen LogP contribution in [0.3, 0.4) is 0 Å². The fourth-order valence-corrected chi connectivity index (χ4v) is 4.05. The molecule has 1 fully saturated rings. The third-order valence-corrected chi connectivity index (χ3v) is 5.71. The number of aromatic nitrogens is 1. The largest absolute Gasteiger partial charge is 0.454 e. The maximum atomic E-state index is 12.5. The zero-order valence-electron chi connectivity index (χ0n) is 13.6. The molecule has 0 radical (unpaired) electrons. The highest BCUT2D eigenvalue weighted by molar-refractivity contribution is 7.92. The summed E-state index contributed by atoms with van der Waals surface area (Å²) in [4.78, 5) is 6.63. The average Bonchev–Trinajstić information content (AvgIpc) is 3.10. The maximum absolute atomic E-state index is 12.5. The average molecular weight is 361 g/mol. The fourth-order valence-electron chi connectivity index (χ4n) is 3.03. The third kappa shape index (κ3) is 3.34. The molecule has 1 aromatic heterocycles. The summed E-state index contributed by atoms with van der Waals surface area (Å²) in [6.45, 7) is 2.14. The molecule has 1 saturated heterocycles. The Morgan fingerprint density at radius 2 is 1.80 bits per heavy atom. The second-order valence-corrected chi connectivity index (χ2v) is 7.75. The fraction of sp³-hybridized carbons (Fsp3) is 0.353. The molecule has 0 bridgehead atoms. The van der Waals surface area contributed by atoms with Crippen molar-refractivity contribution in [2.45, 2.75) is 24.2 Å². The summed E-state index contributed by atoms with van der Waals surface area (Å²) in [7, 11) is -3.73. The van der Waals surface area contributed by atoms with Crippen molar-refractivity contribution in [1.82, 2.24) is 4.98 Å². The van der Waals surface area contributed by atoms with E-state index in [-0.39, 0.29) is 11.7 Å². The van der Waals surface area contributed by atoms with Gasteiger partial charge in [-0.15, -0.1) is 0 Å². The Balaban J connectivity index is 1.50. The number of fused-ring (bicyclic) bond motifs is 1. The summed E-state index contributed by atoms with van der Waals surface area (Å²) in [6.07, 6.45) is 5.33. The predicted octanol–water partition coefficient (Wildman–Crippen LogP) is 2.60. The van der Waals surface area contributed by atoms with Crippen molar-refractivity contribution in [3.05, 3.63) is 36.5 Å². The molecule has 0 aliphatic carbocycles. The van der Waals surface area contributed by atoms with Crippen LogP contribution in [0.5, 0.6) is 11.5 Å². The Labute approximate surface area is 146 Å². The van der Waals surface area contributed by atoms with Crippen LogP contribution in [0.25, 0.3) is 0 Å².